The Balaban J connectivity index is 0.000000193. The van der Waals surface area contributed by atoms with Crippen LogP contribution in [-0.4, -0.2) is 125 Å². The molecule has 2 aromatic carbocycles. The number of urea groups is 1. The van der Waals surface area contributed by atoms with E-state index in [4.69, 9.17) is 22.4 Å². The van der Waals surface area contributed by atoms with Crippen molar-refractivity contribution >= 4 is 51.2 Å². The van der Waals surface area contributed by atoms with Gasteiger partial charge in [0, 0.05) is 68.1 Å². The normalized spacial score (nSPS) is 20.6. The molecule has 6 rings (SSSR count). The van der Waals surface area contributed by atoms with Crippen LogP contribution in [0.25, 0.3) is 0 Å². The van der Waals surface area contributed by atoms with Gasteiger partial charge in [0.15, 0.2) is 0 Å². The molecular formula is C34H47BrClN7O4. The second-order valence-corrected chi connectivity index (χ2v) is 14.4. The molecule has 11 nitrogen and oxygen atoms in total. The highest BCUT2D eigenvalue weighted by Crippen LogP contribution is 2.29. The van der Waals surface area contributed by atoms with E-state index in [0.29, 0.717) is 50.0 Å². The van der Waals surface area contributed by atoms with Gasteiger partial charge in [-0.1, -0.05) is 35.9 Å². The number of hydrogen-bond acceptors (Lipinski definition) is 6. The van der Waals surface area contributed by atoms with Gasteiger partial charge in [-0.15, -0.1) is 0 Å². The van der Waals surface area contributed by atoms with E-state index in [-0.39, 0.29) is 18.0 Å². The Bertz CT molecular complexity index is 1400. The van der Waals surface area contributed by atoms with Crippen LogP contribution >= 0.6 is 27.5 Å². The number of halogens is 2. The van der Waals surface area contributed by atoms with Crippen LogP contribution in [0.3, 0.4) is 0 Å². The van der Waals surface area contributed by atoms with E-state index in [0.717, 1.165) is 53.0 Å². The number of carbonyl (C=O) groups is 3. The van der Waals surface area contributed by atoms with Gasteiger partial charge in [0.05, 0.1) is 11.1 Å². The van der Waals surface area contributed by atoms with Gasteiger partial charge >= 0.3 is 12.1 Å². The molecule has 3 fully saturated rings. The number of carboxylic acid groups (broad SMARTS) is 1. The maximum absolute atomic E-state index is 12.8. The number of carbonyl (C=O) groups excluding carboxylic acids is 2. The summed E-state index contributed by atoms with van der Waals surface area (Å²) in [7, 11) is 2.19. The summed E-state index contributed by atoms with van der Waals surface area (Å²) in [5.41, 5.74) is 10.3. The molecule has 4 heterocycles. The zero-order valence-electron chi connectivity index (χ0n) is 27.3. The van der Waals surface area contributed by atoms with E-state index in [1.165, 1.54) is 30.8 Å². The Kier molecular flexibility index (Phi) is 12.1. The lowest BCUT2D eigenvalue weighted by Gasteiger charge is -2.42. The first kappa shape index (κ1) is 35.4. The van der Waals surface area contributed by atoms with Crippen molar-refractivity contribution in [1.29, 1.82) is 0 Å². The van der Waals surface area contributed by atoms with E-state index in [2.05, 4.69) is 38.1 Å². The average molecular weight is 733 g/mol. The molecule has 4 amide bonds. The number of piperazine rings is 1. The molecule has 4 aliphatic heterocycles. The first-order chi connectivity index (χ1) is 22.5. The fourth-order valence-electron chi connectivity index (χ4n) is 7.04. The number of aryl methyl sites for hydroxylation is 1. The van der Waals surface area contributed by atoms with E-state index in [9.17, 15) is 14.4 Å². The number of likely N-dealkylation sites (tertiary alicyclic amines) is 2. The van der Waals surface area contributed by atoms with Crippen LogP contribution in [0.2, 0.25) is 5.02 Å². The predicted molar refractivity (Wildman–Crippen MR) is 188 cm³/mol. The highest BCUT2D eigenvalue weighted by atomic mass is 79.9. The number of fused-ring (bicyclic) bond motifs is 1. The Labute approximate surface area is 291 Å². The third kappa shape index (κ3) is 8.97. The minimum absolute atomic E-state index is 0.0572. The summed E-state index contributed by atoms with van der Waals surface area (Å²) < 4.78 is 0.852. The van der Waals surface area contributed by atoms with Crippen LogP contribution in [0.15, 0.2) is 40.9 Å². The molecule has 3 saturated heterocycles. The Morgan fingerprint density at radius 2 is 1.62 bits per heavy atom. The largest absolute Gasteiger partial charge is 0.465 e. The fourth-order valence-corrected chi connectivity index (χ4v) is 7.76. The molecule has 0 aromatic heterocycles. The topological polar surface area (TPSA) is 126 Å². The molecule has 2 aromatic rings. The lowest BCUT2D eigenvalue weighted by Crippen LogP contribution is -2.56. The van der Waals surface area contributed by atoms with Crippen LogP contribution in [0.5, 0.6) is 0 Å². The number of amides is 4. The van der Waals surface area contributed by atoms with Crippen LogP contribution in [-0.2, 0) is 17.8 Å². The monoisotopic (exact) mass is 731 g/mol. The molecule has 0 aliphatic carbocycles. The third-order valence-corrected chi connectivity index (χ3v) is 11.3. The molecule has 4 N–H and O–H groups in total. The molecule has 0 bridgehead atoms. The number of nitrogens with one attached hydrogen (secondary N) is 1. The fraction of sp³-hybridized carbons (Fsp3) is 0.559. The second-order valence-electron chi connectivity index (χ2n) is 13.1. The minimum Gasteiger partial charge on any atom is -0.465 e. The maximum atomic E-state index is 12.8. The number of nitrogens with zero attached hydrogens (tertiary/aromatic N) is 5. The number of hydrogen-bond donors (Lipinski definition) is 3. The van der Waals surface area contributed by atoms with Crippen molar-refractivity contribution in [2.75, 3.05) is 64.7 Å². The summed E-state index contributed by atoms with van der Waals surface area (Å²) in [4.78, 5) is 46.0. The van der Waals surface area contributed by atoms with Crippen LogP contribution in [0.1, 0.15) is 42.4 Å². The minimum atomic E-state index is -0.878. The molecule has 4 aliphatic rings. The Morgan fingerprint density at radius 3 is 2.26 bits per heavy atom. The lowest BCUT2D eigenvalue weighted by molar-refractivity contribution is -0.134. The standard InChI is InChI=1S/C20H30BrClN4O.C14H17N3O3/c1-14-11-15(12-17(21)19(14)22)13-18(23)20(27)26-9-7-25(8-10-26)16-3-5-24(2)6-4-16;18-13-15-12-4-2-1-3-10(12)9-17(13)11-5-7-16(8-6-11)14(19)20/h11-12,16,18H,3-10,13,23H2,1-2H3;1-4,11H,5-9H2,(H,15,18)(H,19,20). The van der Waals surface area contributed by atoms with Gasteiger partial charge in [0.2, 0.25) is 5.91 Å². The number of para-hydroxylation sites is 1. The van der Waals surface area contributed by atoms with E-state index in [1.807, 2.05) is 53.1 Å². The molecule has 1 unspecified atom stereocenters. The van der Waals surface area contributed by atoms with Crippen molar-refractivity contribution in [3.8, 4) is 0 Å². The van der Waals surface area contributed by atoms with Crippen molar-refractivity contribution in [1.82, 2.24) is 24.5 Å². The lowest BCUT2D eigenvalue weighted by atomic mass is 10.0. The zero-order chi connectivity index (χ0) is 33.7. The Morgan fingerprint density at radius 1 is 0.979 bits per heavy atom. The van der Waals surface area contributed by atoms with E-state index >= 15 is 0 Å². The molecule has 13 heteroatoms. The molecule has 256 valence electrons. The second kappa shape index (κ2) is 16.0. The number of piperidine rings is 2. The summed E-state index contributed by atoms with van der Waals surface area (Å²) in [5, 5.41) is 12.6. The smallest absolute Gasteiger partial charge is 0.407 e. The highest BCUT2D eigenvalue weighted by molar-refractivity contribution is 9.10. The molecule has 0 saturated carbocycles. The Hall–Kier alpha value is -2.90. The summed E-state index contributed by atoms with van der Waals surface area (Å²) >= 11 is 9.67. The van der Waals surface area contributed by atoms with Crippen molar-refractivity contribution in [2.24, 2.45) is 5.73 Å². The summed E-state index contributed by atoms with van der Waals surface area (Å²) in [5.74, 6) is 0.0572. The van der Waals surface area contributed by atoms with Crippen LogP contribution in [0, 0.1) is 6.92 Å². The van der Waals surface area contributed by atoms with Crippen LogP contribution < -0.4 is 11.1 Å². The number of benzene rings is 2. The first-order valence-electron chi connectivity index (χ1n) is 16.5. The predicted octanol–water partition coefficient (Wildman–Crippen LogP) is 4.70. The number of anilines is 1. The first-order valence-corrected chi connectivity index (χ1v) is 17.7. The van der Waals surface area contributed by atoms with Gasteiger partial charge < -0.3 is 35.8 Å². The molecule has 47 heavy (non-hydrogen) atoms. The quantitative estimate of drug-likeness (QED) is 0.408. The highest BCUT2D eigenvalue weighted by Gasteiger charge is 2.33. The van der Waals surface area contributed by atoms with E-state index < -0.39 is 12.1 Å². The summed E-state index contributed by atoms with van der Waals surface area (Å²) in [6, 6.07) is 11.9. The van der Waals surface area contributed by atoms with Gasteiger partial charge in [-0.25, -0.2) is 9.59 Å². The van der Waals surface area contributed by atoms with Crippen molar-refractivity contribution in [3.63, 3.8) is 0 Å². The van der Waals surface area contributed by atoms with Crippen molar-refractivity contribution in [2.45, 2.75) is 63.7 Å². The average Bonchev–Trinajstić information content (AvgIpc) is 3.07. The van der Waals surface area contributed by atoms with Crippen molar-refractivity contribution in [3.05, 3.63) is 62.6 Å². The molecule has 1 atom stereocenters. The SMILES string of the molecule is Cc1cc(CC(N)C(=O)N2CCN(C3CCN(C)CC3)CC2)cc(Br)c1Cl.O=C(O)N1CCC(N2Cc3ccccc3NC2=O)CC1. The molecular weight excluding hydrogens is 686 g/mol. The van der Waals surface area contributed by atoms with Gasteiger partial charge in [0.25, 0.3) is 0 Å². The summed E-state index contributed by atoms with van der Waals surface area (Å²) in [6.07, 6.45) is 3.51. The number of rotatable bonds is 5. The maximum Gasteiger partial charge on any atom is 0.407 e. The van der Waals surface area contributed by atoms with Gasteiger partial charge in [0.1, 0.15) is 0 Å². The van der Waals surface area contributed by atoms with E-state index in [1.54, 1.807) is 0 Å². The summed E-state index contributed by atoms with van der Waals surface area (Å²) in [6.45, 7) is 9.36. The molecule has 0 radical (unpaired) electrons. The van der Waals surface area contributed by atoms with Gasteiger partial charge in [-0.05, 0) is 104 Å². The van der Waals surface area contributed by atoms with Crippen LogP contribution in [0.4, 0.5) is 15.3 Å². The zero-order valence-corrected chi connectivity index (χ0v) is 29.7. The third-order valence-electron chi connectivity index (χ3n) is 9.91. The number of nitrogens with two attached hydrogens (primary N) is 1. The van der Waals surface area contributed by atoms with Gasteiger partial charge in [-0.3, -0.25) is 9.69 Å². The molecule has 0 spiro atoms. The van der Waals surface area contributed by atoms with Crippen molar-refractivity contribution < 1.29 is 19.5 Å². The van der Waals surface area contributed by atoms with Gasteiger partial charge in [-0.2, -0.15) is 0 Å².